The van der Waals surface area contributed by atoms with Crippen molar-refractivity contribution in [2.45, 2.75) is 39.0 Å². The predicted molar refractivity (Wildman–Crippen MR) is 128 cm³/mol. The van der Waals surface area contributed by atoms with Crippen LogP contribution >= 0.6 is 36.2 Å². The maximum Gasteiger partial charge on any atom is 0.227 e. The molecule has 0 bridgehead atoms. The van der Waals surface area contributed by atoms with E-state index in [-0.39, 0.29) is 30.7 Å². The zero-order chi connectivity index (χ0) is 19.5. The number of carbonyl (C=O) groups is 1. The van der Waals surface area contributed by atoms with Gasteiger partial charge in [0.25, 0.3) is 0 Å². The standard InChI is InChI=1S/C21H23N5OS.2ClH/c1-14(2)17-13-23-21(28-17)16-6-5-7-19(24-16)25-18-10-9-15(12-22-18)26-11-4-3-8-20(26)27;;/h5-7,9-10,12-14H,3-4,8,11H2,1-2H3,(H,22,24,25);2*1H. The quantitative estimate of drug-likeness (QED) is 0.513. The first-order valence-electron chi connectivity index (χ1n) is 9.57. The number of nitrogens with one attached hydrogen (secondary N) is 1. The number of thiazole rings is 1. The van der Waals surface area contributed by atoms with E-state index in [1.54, 1.807) is 17.5 Å². The lowest BCUT2D eigenvalue weighted by Gasteiger charge is -2.26. The minimum atomic E-state index is 0. The Bertz CT molecular complexity index is 978. The molecule has 1 aliphatic rings. The van der Waals surface area contributed by atoms with E-state index < -0.39 is 0 Å². The number of hydrogen-bond donors (Lipinski definition) is 1. The Morgan fingerprint density at radius 1 is 1.03 bits per heavy atom. The number of nitrogens with zero attached hydrogens (tertiary/aromatic N) is 4. The summed E-state index contributed by atoms with van der Waals surface area (Å²) in [5.74, 6) is 2.04. The number of amides is 1. The Kier molecular flexibility index (Phi) is 8.58. The third-order valence-corrected chi connectivity index (χ3v) is 6.02. The summed E-state index contributed by atoms with van der Waals surface area (Å²) in [6, 6.07) is 9.64. The van der Waals surface area contributed by atoms with Gasteiger partial charge in [-0.15, -0.1) is 36.2 Å². The molecule has 160 valence electrons. The number of anilines is 3. The Morgan fingerprint density at radius 3 is 2.53 bits per heavy atom. The van der Waals surface area contributed by atoms with Gasteiger partial charge in [-0.05, 0) is 43.0 Å². The molecule has 1 N–H and O–H groups in total. The molecule has 1 aliphatic heterocycles. The molecule has 1 amide bonds. The van der Waals surface area contributed by atoms with Gasteiger partial charge in [0, 0.05) is 24.0 Å². The molecule has 0 aromatic carbocycles. The molecule has 0 aliphatic carbocycles. The average Bonchev–Trinajstić information content (AvgIpc) is 3.20. The van der Waals surface area contributed by atoms with Gasteiger partial charge in [-0.2, -0.15) is 0 Å². The van der Waals surface area contributed by atoms with Crippen LogP contribution in [0.4, 0.5) is 17.3 Å². The van der Waals surface area contributed by atoms with E-state index in [0.717, 1.165) is 35.8 Å². The number of hydrogen-bond acceptors (Lipinski definition) is 6. The van der Waals surface area contributed by atoms with E-state index >= 15 is 0 Å². The zero-order valence-electron chi connectivity index (χ0n) is 16.9. The summed E-state index contributed by atoms with van der Waals surface area (Å²) < 4.78 is 0. The first kappa shape index (κ1) is 24.1. The molecule has 0 unspecified atom stereocenters. The summed E-state index contributed by atoms with van der Waals surface area (Å²) in [7, 11) is 0. The third kappa shape index (κ3) is 5.47. The van der Waals surface area contributed by atoms with Crippen molar-refractivity contribution in [2.75, 3.05) is 16.8 Å². The van der Waals surface area contributed by atoms with Gasteiger partial charge in [-0.25, -0.2) is 15.0 Å². The highest BCUT2D eigenvalue weighted by atomic mass is 35.5. The lowest BCUT2D eigenvalue weighted by molar-refractivity contribution is -0.119. The van der Waals surface area contributed by atoms with E-state index in [0.29, 0.717) is 24.0 Å². The van der Waals surface area contributed by atoms with Crippen LogP contribution in [0, 0.1) is 0 Å². The largest absolute Gasteiger partial charge is 0.325 e. The summed E-state index contributed by atoms with van der Waals surface area (Å²) in [6.45, 7) is 5.09. The second kappa shape index (κ2) is 10.7. The fourth-order valence-electron chi connectivity index (χ4n) is 3.13. The molecule has 0 radical (unpaired) electrons. The molecule has 1 saturated heterocycles. The Balaban J connectivity index is 0.00000160. The van der Waals surface area contributed by atoms with Crippen LogP contribution in [0.1, 0.15) is 43.9 Å². The number of aromatic nitrogens is 3. The Labute approximate surface area is 193 Å². The molecule has 9 heteroatoms. The van der Waals surface area contributed by atoms with E-state index in [9.17, 15) is 4.79 Å². The van der Waals surface area contributed by atoms with E-state index in [1.807, 2.05) is 41.4 Å². The summed E-state index contributed by atoms with van der Waals surface area (Å²) in [5.41, 5.74) is 1.69. The Morgan fingerprint density at radius 2 is 1.87 bits per heavy atom. The monoisotopic (exact) mass is 465 g/mol. The molecule has 4 heterocycles. The summed E-state index contributed by atoms with van der Waals surface area (Å²) in [5, 5.41) is 4.15. The topological polar surface area (TPSA) is 71.0 Å². The van der Waals surface area contributed by atoms with Crippen LogP contribution in [0.2, 0.25) is 0 Å². The van der Waals surface area contributed by atoms with Crippen LogP contribution < -0.4 is 10.2 Å². The normalized spacial score (nSPS) is 13.6. The first-order valence-corrected chi connectivity index (χ1v) is 10.4. The van der Waals surface area contributed by atoms with Crippen molar-refractivity contribution < 1.29 is 4.79 Å². The minimum Gasteiger partial charge on any atom is -0.325 e. The van der Waals surface area contributed by atoms with Gasteiger partial charge in [-0.3, -0.25) is 4.79 Å². The van der Waals surface area contributed by atoms with Crippen LogP contribution in [0.5, 0.6) is 0 Å². The van der Waals surface area contributed by atoms with Gasteiger partial charge in [0.2, 0.25) is 5.91 Å². The highest BCUT2D eigenvalue weighted by molar-refractivity contribution is 7.15. The van der Waals surface area contributed by atoms with E-state index in [2.05, 4.69) is 34.1 Å². The van der Waals surface area contributed by atoms with Crippen LogP contribution in [0.3, 0.4) is 0 Å². The van der Waals surface area contributed by atoms with E-state index in [1.165, 1.54) is 4.88 Å². The van der Waals surface area contributed by atoms with Crippen LogP contribution in [-0.4, -0.2) is 27.4 Å². The SMILES string of the molecule is CC(C)c1cnc(-c2cccc(Nc3ccc(N4CCCCC4=O)cn3)n2)s1.Cl.Cl. The number of halogens is 2. The van der Waals surface area contributed by atoms with Crippen LogP contribution in [-0.2, 0) is 4.79 Å². The fourth-order valence-corrected chi connectivity index (χ4v) is 4.01. The van der Waals surface area contributed by atoms with Crippen molar-refractivity contribution in [3.05, 3.63) is 47.6 Å². The Hall–Kier alpha value is -2.22. The van der Waals surface area contributed by atoms with Crippen molar-refractivity contribution >= 4 is 59.4 Å². The number of pyridine rings is 2. The maximum atomic E-state index is 12.1. The molecule has 0 spiro atoms. The van der Waals surface area contributed by atoms with Gasteiger partial charge >= 0.3 is 0 Å². The van der Waals surface area contributed by atoms with Gasteiger partial charge in [0.1, 0.15) is 22.3 Å². The fraction of sp³-hybridized carbons (Fsp3) is 0.333. The van der Waals surface area contributed by atoms with Crippen molar-refractivity contribution in [3.8, 4) is 10.7 Å². The maximum absolute atomic E-state index is 12.1. The van der Waals surface area contributed by atoms with Crippen molar-refractivity contribution in [2.24, 2.45) is 0 Å². The second-order valence-corrected chi connectivity index (χ2v) is 8.22. The molecule has 30 heavy (non-hydrogen) atoms. The highest BCUT2D eigenvalue weighted by Crippen LogP contribution is 2.29. The highest BCUT2D eigenvalue weighted by Gasteiger charge is 2.19. The summed E-state index contributed by atoms with van der Waals surface area (Å²) in [4.78, 5) is 28.7. The van der Waals surface area contributed by atoms with E-state index in [4.69, 9.17) is 0 Å². The molecule has 4 rings (SSSR count). The zero-order valence-corrected chi connectivity index (χ0v) is 19.3. The van der Waals surface area contributed by atoms with Gasteiger partial charge < -0.3 is 10.2 Å². The van der Waals surface area contributed by atoms with Gasteiger partial charge in [0.15, 0.2) is 0 Å². The molecule has 0 atom stereocenters. The third-order valence-electron chi connectivity index (χ3n) is 4.70. The lowest BCUT2D eigenvalue weighted by atomic mass is 10.1. The minimum absolute atomic E-state index is 0. The average molecular weight is 466 g/mol. The van der Waals surface area contributed by atoms with Crippen LogP contribution in [0.15, 0.2) is 42.7 Å². The van der Waals surface area contributed by atoms with Gasteiger partial charge in [0.05, 0.1) is 11.9 Å². The molecular weight excluding hydrogens is 441 g/mol. The smallest absolute Gasteiger partial charge is 0.227 e. The number of rotatable bonds is 5. The van der Waals surface area contributed by atoms with Crippen molar-refractivity contribution in [3.63, 3.8) is 0 Å². The first-order chi connectivity index (χ1) is 13.6. The summed E-state index contributed by atoms with van der Waals surface area (Å²) >= 11 is 1.67. The lowest BCUT2D eigenvalue weighted by Crippen LogP contribution is -2.35. The van der Waals surface area contributed by atoms with Crippen LogP contribution in [0.25, 0.3) is 10.7 Å². The van der Waals surface area contributed by atoms with Crippen molar-refractivity contribution in [1.29, 1.82) is 0 Å². The predicted octanol–water partition coefficient (Wildman–Crippen LogP) is 5.83. The number of carbonyl (C=O) groups excluding carboxylic acids is 1. The van der Waals surface area contributed by atoms with Crippen molar-refractivity contribution in [1.82, 2.24) is 15.0 Å². The second-order valence-electron chi connectivity index (χ2n) is 7.16. The molecule has 3 aromatic rings. The van der Waals surface area contributed by atoms with Gasteiger partial charge in [-0.1, -0.05) is 19.9 Å². The molecule has 6 nitrogen and oxygen atoms in total. The molecule has 0 saturated carbocycles. The molecule has 3 aromatic heterocycles. The molecule has 1 fully saturated rings. The molecular formula is C21H25Cl2N5OS. The summed E-state index contributed by atoms with van der Waals surface area (Å²) in [6.07, 6.45) is 6.30. The number of piperidine rings is 1.